The number of carbonyl (C=O) groups excluding carboxylic acids is 2. The molecule has 1 aliphatic heterocycles. The van der Waals surface area contributed by atoms with E-state index in [0.29, 0.717) is 16.9 Å². The molecule has 1 heterocycles. The van der Waals surface area contributed by atoms with Gasteiger partial charge in [0.2, 0.25) is 0 Å². The topological polar surface area (TPSA) is 52.7 Å². The monoisotopic (exact) mass is 429 g/mol. The molecular weight excluding hydrogens is 405 g/mol. The third-order valence-corrected chi connectivity index (χ3v) is 5.58. The van der Waals surface area contributed by atoms with Crippen LogP contribution in [0.2, 0.25) is 0 Å². The molecule has 0 saturated carbocycles. The number of amides is 2. The Hall–Kier alpha value is -3.93. The zero-order valence-electron chi connectivity index (χ0n) is 18.4. The number of imide groups is 1. The average molecular weight is 429 g/mol. The number of nitrogens with one attached hydrogen (secondary N) is 1. The molecule has 0 atom stereocenters. The van der Waals surface area contributed by atoms with Gasteiger partial charge in [-0.1, -0.05) is 30.3 Å². The van der Waals surface area contributed by atoms with Crippen molar-refractivity contribution in [3.63, 3.8) is 0 Å². The van der Waals surface area contributed by atoms with Crippen molar-refractivity contribution in [2.24, 2.45) is 0 Å². The van der Waals surface area contributed by atoms with E-state index in [4.69, 9.17) is 0 Å². The molecule has 0 saturated heterocycles. The van der Waals surface area contributed by atoms with Gasteiger partial charge in [-0.2, -0.15) is 0 Å². The lowest BCUT2D eigenvalue weighted by molar-refractivity contribution is -0.120. The number of hydrogen-bond acceptors (Lipinski definition) is 4. The molecule has 5 nitrogen and oxygen atoms in total. The van der Waals surface area contributed by atoms with Crippen molar-refractivity contribution in [2.75, 3.05) is 29.2 Å². The molecule has 162 valence electrons. The second kappa shape index (κ2) is 8.30. The molecule has 6 heteroatoms. The van der Waals surface area contributed by atoms with Crippen LogP contribution in [0.25, 0.3) is 5.57 Å². The van der Waals surface area contributed by atoms with Gasteiger partial charge in [0.15, 0.2) is 0 Å². The van der Waals surface area contributed by atoms with Crippen molar-refractivity contribution in [3.05, 3.63) is 94.9 Å². The van der Waals surface area contributed by atoms with Crippen LogP contribution >= 0.6 is 0 Å². The predicted molar refractivity (Wildman–Crippen MR) is 126 cm³/mol. The number of benzene rings is 3. The van der Waals surface area contributed by atoms with Crippen molar-refractivity contribution in [2.45, 2.75) is 13.8 Å². The standard InChI is InChI=1S/C26H24FN3O2/c1-16-11-12-18(13-17(16)2)23-24(28-20-8-5-7-19(27)14-20)26(32)30(25(23)31)22-10-6-9-21(15-22)29(3)4/h5-15,28H,1-4H3. The van der Waals surface area contributed by atoms with E-state index < -0.39 is 17.6 Å². The molecule has 1 aliphatic rings. The van der Waals surface area contributed by atoms with Crippen LogP contribution in [0.4, 0.5) is 21.5 Å². The van der Waals surface area contributed by atoms with E-state index >= 15 is 0 Å². The van der Waals surface area contributed by atoms with Crippen molar-refractivity contribution in [3.8, 4) is 0 Å². The Balaban J connectivity index is 1.84. The number of rotatable bonds is 5. The number of carbonyl (C=O) groups is 2. The van der Waals surface area contributed by atoms with Gasteiger partial charge in [-0.15, -0.1) is 0 Å². The highest BCUT2D eigenvalue weighted by Crippen LogP contribution is 2.35. The van der Waals surface area contributed by atoms with Gasteiger partial charge in [-0.25, -0.2) is 9.29 Å². The summed E-state index contributed by atoms with van der Waals surface area (Å²) in [5.41, 5.74) is 4.85. The molecule has 32 heavy (non-hydrogen) atoms. The van der Waals surface area contributed by atoms with Gasteiger partial charge in [0.1, 0.15) is 11.5 Å². The lowest BCUT2D eigenvalue weighted by atomic mass is 9.99. The Morgan fingerprint density at radius 1 is 0.844 bits per heavy atom. The molecular formula is C26H24FN3O2. The van der Waals surface area contributed by atoms with Gasteiger partial charge in [-0.05, 0) is 66.9 Å². The smallest absolute Gasteiger partial charge is 0.282 e. The third-order valence-electron chi connectivity index (χ3n) is 5.58. The SMILES string of the molecule is Cc1ccc(C2=C(Nc3cccc(F)c3)C(=O)N(c3cccc(N(C)C)c3)C2=O)cc1C. The summed E-state index contributed by atoms with van der Waals surface area (Å²) in [7, 11) is 3.78. The van der Waals surface area contributed by atoms with E-state index in [1.54, 1.807) is 30.3 Å². The van der Waals surface area contributed by atoms with E-state index in [1.165, 1.54) is 17.0 Å². The van der Waals surface area contributed by atoms with Crippen LogP contribution in [0.3, 0.4) is 0 Å². The fourth-order valence-electron chi connectivity index (χ4n) is 3.67. The first-order valence-corrected chi connectivity index (χ1v) is 10.3. The van der Waals surface area contributed by atoms with Crippen molar-refractivity contribution in [1.29, 1.82) is 0 Å². The maximum atomic E-state index is 13.8. The number of anilines is 3. The minimum Gasteiger partial charge on any atom is -0.378 e. The van der Waals surface area contributed by atoms with Crippen LogP contribution < -0.4 is 15.1 Å². The Morgan fingerprint density at radius 3 is 2.28 bits per heavy atom. The first-order valence-electron chi connectivity index (χ1n) is 10.3. The van der Waals surface area contributed by atoms with E-state index in [0.717, 1.165) is 16.8 Å². The summed E-state index contributed by atoms with van der Waals surface area (Å²) >= 11 is 0. The van der Waals surface area contributed by atoms with E-state index in [2.05, 4.69) is 5.32 Å². The maximum absolute atomic E-state index is 13.8. The van der Waals surface area contributed by atoms with E-state index in [1.807, 2.05) is 57.1 Å². The van der Waals surface area contributed by atoms with Crippen molar-refractivity contribution >= 4 is 34.4 Å². The summed E-state index contributed by atoms with van der Waals surface area (Å²) < 4.78 is 13.8. The molecule has 0 unspecified atom stereocenters. The quantitative estimate of drug-likeness (QED) is 0.586. The zero-order chi connectivity index (χ0) is 23.0. The van der Waals surface area contributed by atoms with Crippen LogP contribution in [-0.4, -0.2) is 25.9 Å². The molecule has 0 aliphatic carbocycles. The molecule has 3 aromatic rings. The highest BCUT2D eigenvalue weighted by Gasteiger charge is 2.40. The Bertz CT molecular complexity index is 1260. The molecule has 0 spiro atoms. The maximum Gasteiger partial charge on any atom is 0.282 e. The van der Waals surface area contributed by atoms with Crippen LogP contribution in [0.15, 0.2) is 72.4 Å². The van der Waals surface area contributed by atoms with E-state index in [9.17, 15) is 14.0 Å². The van der Waals surface area contributed by atoms with Crippen LogP contribution in [0.1, 0.15) is 16.7 Å². The van der Waals surface area contributed by atoms with E-state index in [-0.39, 0.29) is 11.3 Å². The predicted octanol–water partition coefficient (Wildman–Crippen LogP) is 4.91. The van der Waals surface area contributed by atoms with Crippen molar-refractivity contribution in [1.82, 2.24) is 0 Å². The van der Waals surface area contributed by atoms with Gasteiger partial charge < -0.3 is 10.2 Å². The molecule has 2 amide bonds. The lowest BCUT2D eigenvalue weighted by Crippen LogP contribution is -2.32. The van der Waals surface area contributed by atoms with Gasteiger partial charge >= 0.3 is 0 Å². The number of nitrogens with zero attached hydrogens (tertiary/aromatic N) is 2. The van der Waals surface area contributed by atoms with Crippen LogP contribution in [-0.2, 0) is 9.59 Å². The molecule has 0 aromatic heterocycles. The van der Waals surface area contributed by atoms with Gasteiger partial charge in [0.25, 0.3) is 11.8 Å². The Morgan fingerprint density at radius 2 is 1.59 bits per heavy atom. The third kappa shape index (κ3) is 3.87. The molecule has 0 fully saturated rings. The summed E-state index contributed by atoms with van der Waals surface area (Å²) in [5, 5.41) is 3.00. The highest BCUT2D eigenvalue weighted by molar-refractivity contribution is 6.46. The minimum atomic E-state index is -0.483. The first kappa shape index (κ1) is 21.3. The second-order valence-corrected chi connectivity index (χ2v) is 8.04. The van der Waals surface area contributed by atoms with Crippen LogP contribution in [0, 0.1) is 19.7 Å². The summed E-state index contributed by atoms with van der Waals surface area (Å²) in [6.07, 6.45) is 0. The largest absolute Gasteiger partial charge is 0.378 e. The van der Waals surface area contributed by atoms with Gasteiger partial charge in [0.05, 0.1) is 11.3 Å². The average Bonchev–Trinajstić information content (AvgIpc) is 2.99. The Labute approximate surface area is 186 Å². The number of hydrogen-bond donors (Lipinski definition) is 1. The molecule has 0 bridgehead atoms. The number of halogens is 1. The Kier molecular flexibility index (Phi) is 5.53. The van der Waals surface area contributed by atoms with Gasteiger partial charge in [-0.3, -0.25) is 9.59 Å². The summed E-state index contributed by atoms with van der Waals surface area (Å²) in [6, 6.07) is 18.7. The zero-order valence-corrected chi connectivity index (χ0v) is 18.4. The summed E-state index contributed by atoms with van der Waals surface area (Å²) in [4.78, 5) is 30.1. The van der Waals surface area contributed by atoms with Crippen LogP contribution in [0.5, 0.6) is 0 Å². The normalized spacial score (nSPS) is 13.7. The fraction of sp³-hybridized carbons (Fsp3) is 0.154. The lowest BCUT2D eigenvalue weighted by Gasteiger charge is -2.19. The summed E-state index contributed by atoms with van der Waals surface area (Å²) in [6.45, 7) is 3.94. The summed E-state index contributed by atoms with van der Waals surface area (Å²) in [5.74, 6) is -1.34. The fourth-order valence-corrected chi connectivity index (χ4v) is 3.67. The minimum absolute atomic E-state index is 0.124. The number of aryl methyl sites for hydroxylation is 2. The molecule has 0 radical (unpaired) electrons. The molecule has 1 N–H and O–H groups in total. The van der Waals surface area contributed by atoms with Gasteiger partial charge in [0, 0.05) is 25.5 Å². The first-order chi connectivity index (χ1) is 15.3. The second-order valence-electron chi connectivity index (χ2n) is 8.04. The highest BCUT2D eigenvalue weighted by atomic mass is 19.1. The molecule has 3 aromatic carbocycles. The van der Waals surface area contributed by atoms with Crippen molar-refractivity contribution < 1.29 is 14.0 Å². The molecule has 4 rings (SSSR count).